The summed E-state index contributed by atoms with van der Waals surface area (Å²) in [5, 5.41) is 2.91. The zero-order valence-corrected chi connectivity index (χ0v) is 18.2. The van der Waals surface area contributed by atoms with Crippen molar-refractivity contribution in [1.29, 1.82) is 0 Å². The SMILES string of the molecule is CCCC/C(B1OC(C)(C)C(C)(C)O1)=C1/C(=O)Nc2ccc(C(=O)OCC)cc21. The fourth-order valence-electron chi connectivity index (χ4n) is 3.54. The molecule has 0 bridgehead atoms. The topological polar surface area (TPSA) is 73.9 Å². The van der Waals surface area contributed by atoms with E-state index < -0.39 is 24.3 Å². The second-order valence-corrected chi connectivity index (χ2v) is 8.53. The Kier molecular flexibility index (Phi) is 5.92. The molecule has 0 saturated carbocycles. The fraction of sp³-hybridized carbons (Fsp3) is 0.545. The van der Waals surface area contributed by atoms with Crippen molar-refractivity contribution in [3.05, 3.63) is 34.8 Å². The van der Waals surface area contributed by atoms with Crippen LogP contribution in [0.3, 0.4) is 0 Å². The highest BCUT2D eigenvalue weighted by molar-refractivity contribution is 6.59. The van der Waals surface area contributed by atoms with Gasteiger partial charge in [-0.2, -0.15) is 0 Å². The van der Waals surface area contributed by atoms with Crippen LogP contribution >= 0.6 is 0 Å². The summed E-state index contributed by atoms with van der Waals surface area (Å²) in [4.78, 5) is 25.1. The lowest BCUT2D eigenvalue weighted by Gasteiger charge is -2.32. The highest BCUT2D eigenvalue weighted by Gasteiger charge is 2.53. The van der Waals surface area contributed by atoms with Crippen LogP contribution in [0.15, 0.2) is 23.7 Å². The van der Waals surface area contributed by atoms with E-state index in [-0.39, 0.29) is 5.91 Å². The van der Waals surface area contributed by atoms with Gasteiger partial charge < -0.3 is 19.4 Å². The van der Waals surface area contributed by atoms with Gasteiger partial charge in [0.2, 0.25) is 0 Å². The van der Waals surface area contributed by atoms with Crippen molar-refractivity contribution in [3.8, 4) is 0 Å². The standard InChI is InChI=1S/C22H30BNO5/c1-7-9-10-16(23-28-21(3,4)22(5,6)29-23)18-15-13-14(20(26)27-8-2)11-12-17(15)24-19(18)25/h11-13H,7-10H2,1-6H3,(H,24,25)/b18-16-. The summed E-state index contributed by atoms with van der Waals surface area (Å²) in [7, 11) is -0.607. The van der Waals surface area contributed by atoms with Crippen LogP contribution in [0, 0.1) is 0 Å². The molecule has 2 aliphatic rings. The molecule has 1 N–H and O–H groups in total. The molecule has 0 unspecified atom stereocenters. The maximum absolute atomic E-state index is 12.9. The molecule has 0 aliphatic carbocycles. The third kappa shape index (κ3) is 3.98. The Balaban J connectivity index is 2.09. The number of hydrogen-bond acceptors (Lipinski definition) is 5. The summed E-state index contributed by atoms with van der Waals surface area (Å²) in [5.74, 6) is -0.596. The molecule has 1 amide bonds. The Labute approximate surface area is 173 Å². The number of esters is 1. The first-order valence-corrected chi connectivity index (χ1v) is 10.3. The molecule has 0 radical (unpaired) electrons. The number of carbonyl (C=O) groups is 2. The van der Waals surface area contributed by atoms with E-state index in [0.29, 0.717) is 35.4 Å². The van der Waals surface area contributed by atoms with Crippen LogP contribution in [-0.4, -0.2) is 36.8 Å². The number of nitrogens with one attached hydrogen (secondary N) is 1. The monoisotopic (exact) mass is 399 g/mol. The first-order valence-electron chi connectivity index (χ1n) is 10.3. The average Bonchev–Trinajstić information content (AvgIpc) is 3.07. The Morgan fingerprint density at radius 3 is 2.38 bits per heavy atom. The molecule has 156 valence electrons. The second kappa shape index (κ2) is 7.96. The maximum Gasteiger partial charge on any atom is 0.491 e. The molecule has 0 aromatic heterocycles. The average molecular weight is 399 g/mol. The van der Waals surface area contributed by atoms with Crippen LogP contribution in [0.25, 0.3) is 5.57 Å². The molecular formula is C22H30BNO5. The quantitative estimate of drug-likeness (QED) is 0.436. The fourth-order valence-corrected chi connectivity index (χ4v) is 3.54. The van der Waals surface area contributed by atoms with Gasteiger partial charge in [0.15, 0.2) is 0 Å². The van der Waals surface area contributed by atoms with Gasteiger partial charge in [-0.15, -0.1) is 0 Å². The molecule has 0 spiro atoms. The molecular weight excluding hydrogens is 369 g/mol. The molecule has 7 heteroatoms. The third-order valence-electron chi connectivity index (χ3n) is 5.93. The summed E-state index contributed by atoms with van der Waals surface area (Å²) in [6.07, 6.45) is 2.57. The second-order valence-electron chi connectivity index (χ2n) is 8.53. The summed E-state index contributed by atoms with van der Waals surface area (Å²) < 4.78 is 17.6. The highest BCUT2D eigenvalue weighted by atomic mass is 16.7. The Bertz CT molecular complexity index is 843. The van der Waals surface area contributed by atoms with E-state index >= 15 is 0 Å². The van der Waals surface area contributed by atoms with Gasteiger partial charge in [0.05, 0.1) is 23.4 Å². The molecule has 1 saturated heterocycles. The Morgan fingerprint density at radius 2 is 1.79 bits per heavy atom. The molecule has 1 fully saturated rings. The molecule has 6 nitrogen and oxygen atoms in total. The van der Waals surface area contributed by atoms with Gasteiger partial charge in [0, 0.05) is 16.8 Å². The predicted octanol–water partition coefficient (Wildman–Crippen LogP) is 4.39. The molecule has 3 rings (SSSR count). The minimum atomic E-state index is -0.607. The van der Waals surface area contributed by atoms with Gasteiger partial charge >= 0.3 is 13.1 Å². The first-order chi connectivity index (χ1) is 13.6. The highest BCUT2D eigenvalue weighted by Crippen LogP contribution is 2.43. The lowest BCUT2D eigenvalue weighted by molar-refractivity contribution is -0.110. The van der Waals surface area contributed by atoms with Gasteiger partial charge in [0.1, 0.15) is 0 Å². The summed E-state index contributed by atoms with van der Waals surface area (Å²) in [6, 6.07) is 5.13. The number of carbonyl (C=O) groups excluding carboxylic acids is 2. The van der Waals surface area contributed by atoms with Crippen LogP contribution in [0.4, 0.5) is 5.69 Å². The van der Waals surface area contributed by atoms with Crippen LogP contribution in [0.5, 0.6) is 0 Å². The van der Waals surface area contributed by atoms with Crippen LogP contribution in [-0.2, 0) is 18.8 Å². The maximum atomic E-state index is 12.9. The van der Waals surface area contributed by atoms with Gasteiger partial charge in [-0.05, 0) is 64.7 Å². The molecule has 1 aromatic rings. The van der Waals surface area contributed by atoms with Crippen molar-refractivity contribution in [1.82, 2.24) is 0 Å². The third-order valence-corrected chi connectivity index (χ3v) is 5.93. The van der Waals surface area contributed by atoms with Crippen molar-refractivity contribution < 1.29 is 23.6 Å². The van der Waals surface area contributed by atoms with Crippen molar-refractivity contribution in [2.24, 2.45) is 0 Å². The van der Waals surface area contributed by atoms with Crippen molar-refractivity contribution >= 4 is 30.3 Å². The Hall–Kier alpha value is -2.12. The van der Waals surface area contributed by atoms with Crippen molar-refractivity contribution in [3.63, 3.8) is 0 Å². The predicted molar refractivity (Wildman–Crippen MR) is 114 cm³/mol. The number of allylic oxidation sites excluding steroid dienone is 1. The van der Waals surface area contributed by atoms with Gasteiger partial charge in [-0.25, -0.2) is 4.79 Å². The number of ether oxygens (including phenoxy) is 1. The lowest BCUT2D eigenvalue weighted by atomic mass is 9.71. The number of rotatable bonds is 6. The number of anilines is 1. The largest absolute Gasteiger partial charge is 0.491 e. The van der Waals surface area contributed by atoms with Crippen molar-refractivity contribution in [2.45, 2.75) is 72.0 Å². The van der Waals surface area contributed by atoms with Gasteiger partial charge in [-0.3, -0.25) is 4.79 Å². The van der Waals surface area contributed by atoms with E-state index in [4.69, 9.17) is 14.0 Å². The van der Waals surface area contributed by atoms with Gasteiger partial charge in [-0.1, -0.05) is 19.8 Å². The molecule has 29 heavy (non-hydrogen) atoms. The van der Waals surface area contributed by atoms with E-state index in [0.717, 1.165) is 18.3 Å². The van der Waals surface area contributed by atoms with Gasteiger partial charge in [0.25, 0.3) is 5.91 Å². The first kappa shape index (κ1) is 21.6. The summed E-state index contributed by atoms with van der Waals surface area (Å²) in [5.41, 5.74) is 2.16. The number of hydrogen-bond donors (Lipinski definition) is 1. The summed E-state index contributed by atoms with van der Waals surface area (Å²) in [6.45, 7) is 12.2. The minimum absolute atomic E-state index is 0.193. The molecule has 1 aromatic carbocycles. The zero-order valence-electron chi connectivity index (χ0n) is 18.2. The minimum Gasteiger partial charge on any atom is -0.462 e. The number of amides is 1. The lowest BCUT2D eigenvalue weighted by Crippen LogP contribution is -2.41. The van der Waals surface area contributed by atoms with E-state index in [9.17, 15) is 9.59 Å². The van der Waals surface area contributed by atoms with Crippen molar-refractivity contribution in [2.75, 3.05) is 11.9 Å². The Morgan fingerprint density at radius 1 is 1.14 bits per heavy atom. The molecule has 2 heterocycles. The zero-order chi connectivity index (χ0) is 21.4. The van der Waals surface area contributed by atoms with Crippen LogP contribution in [0.1, 0.15) is 76.7 Å². The van der Waals surface area contributed by atoms with Crippen LogP contribution in [0.2, 0.25) is 0 Å². The summed E-state index contributed by atoms with van der Waals surface area (Å²) >= 11 is 0. The molecule has 0 atom stereocenters. The number of unbranched alkanes of at least 4 members (excludes halogenated alkanes) is 1. The number of fused-ring (bicyclic) bond motifs is 1. The normalized spacial score (nSPS) is 21.0. The number of benzene rings is 1. The van der Waals surface area contributed by atoms with E-state index in [2.05, 4.69) is 12.2 Å². The molecule has 2 aliphatic heterocycles. The van der Waals surface area contributed by atoms with E-state index in [1.807, 2.05) is 27.7 Å². The van der Waals surface area contributed by atoms with E-state index in [1.165, 1.54) is 0 Å². The van der Waals surface area contributed by atoms with Crippen LogP contribution < -0.4 is 5.32 Å². The smallest absolute Gasteiger partial charge is 0.462 e. The van der Waals surface area contributed by atoms with E-state index in [1.54, 1.807) is 25.1 Å².